The van der Waals surface area contributed by atoms with Crippen LogP contribution in [0.25, 0.3) is 0 Å². The highest BCUT2D eigenvalue weighted by Crippen LogP contribution is 2.13. The fourth-order valence-corrected chi connectivity index (χ4v) is 1.43. The van der Waals surface area contributed by atoms with E-state index in [-0.39, 0.29) is 5.91 Å². The first-order valence-corrected chi connectivity index (χ1v) is 4.59. The summed E-state index contributed by atoms with van der Waals surface area (Å²) in [4.78, 5) is 13.0. The molecule has 0 saturated carbocycles. The molecule has 1 saturated heterocycles. The van der Waals surface area contributed by atoms with Gasteiger partial charge in [0.05, 0.1) is 12.5 Å². The van der Waals surface area contributed by atoms with Crippen molar-refractivity contribution in [1.29, 1.82) is 0 Å². The average molecular weight is 171 g/mol. The zero-order valence-electron chi connectivity index (χ0n) is 7.79. The molecule has 12 heavy (non-hydrogen) atoms. The number of carbonyl (C=O) groups is 1. The van der Waals surface area contributed by atoms with Crippen LogP contribution < -0.4 is 0 Å². The van der Waals surface area contributed by atoms with Crippen LogP contribution in [-0.4, -0.2) is 35.1 Å². The standard InChI is InChI=1S/C9H17NO2/c1-3-7(2)5-10-6-8(11)4-9(10)12/h7-8,11H,3-6H2,1-2H3. The lowest BCUT2D eigenvalue weighted by atomic mass is 10.1. The topological polar surface area (TPSA) is 40.5 Å². The van der Waals surface area contributed by atoms with E-state index in [2.05, 4.69) is 13.8 Å². The predicted molar refractivity (Wildman–Crippen MR) is 46.7 cm³/mol. The Kier molecular flexibility index (Phi) is 3.09. The number of nitrogens with zero attached hydrogens (tertiary/aromatic N) is 1. The van der Waals surface area contributed by atoms with Gasteiger partial charge in [-0.05, 0) is 5.92 Å². The molecular weight excluding hydrogens is 154 g/mol. The summed E-state index contributed by atoms with van der Waals surface area (Å²) in [6.45, 7) is 5.56. The number of aliphatic hydroxyl groups excluding tert-OH is 1. The van der Waals surface area contributed by atoms with Crippen molar-refractivity contribution in [1.82, 2.24) is 4.90 Å². The summed E-state index contributed by atoms with van der Waals surface area (Å²) in [7, 11) is 0. The van der Waals surface area contributed by atoms with Crippen molar-refractivity contribution in [3.63, 3.8) is 0 Å². The van der Waals surface area contributed by atoms with Crippen LogP contribution in [-0.2, 0) is 4.79 Å². The molecule has 0 aromatic heterocycles. The molecule has 3 nitrogen and oxygen atoms in total. The summed E-state index contributed by atoms with van der Waals surface area (Å²) < 4.78 is 0. The normalized spacial score (nSPS) is 26.4. The van der Waals surface area contributed by atoms with Crippen LogP contribution in [0.2, 0.25) is 0 Å². The Morgan fingerprint density at radius 1 is 1.75 bits per heavy atom. The Bertz CT molecular complexity index is 170. The molecule has 70 valence electrons. The van der Waals surface area contributed by atoms with E-state index >= 15 is 0 Å². The van der Waals surface area contributed by atoms with Crippen LogP contribution in [0.15, 0.2) is 0 Å². The third kappa shape index (κ3) is 2.21. The average Bonchev–Trinajstić information content (AvgIpc) is 2.30. The van der Waals surface area contributed by atoms with E-state index in [0.717, 1.165) is 13.0 Å². The van der Waals surface area contributed by atoms with Crippen LogP contribution in [0, 0.1) is 5.92 Å². The van der Waals surface area contributed by atoms with Gasteiger partial charge in [0, 0.05) is 13.1 Å². The van der Waals surface area contributed by atoms with Crippen LogP contribution in [0.3, 0.4) is 0 Å². The first-order chi connectivity index (χ1) is 5.63. The summed E-state index contributed by atoms with van der Waals surface area (Å²) in [5, 5.41) is 9.19. The van der Waals surface area contributed by atoms with Crippen LogP contribution in [0.4, 0.5) is 0 Å². The molecule has 0 aromatic rings. The lowest BCUT2D eigenvalue weighted by molar-refractivity contribution is -0.128. The number of carbonyl (C=O) groups excluding carboxylic acids is 1. The molecule has 0 spiro atoms. The summed E-state index contributed by atoms with van der Waals surface area (Å²) >= 11 is 0. The van der Waals surface area contributed by atoms with E-state index in [4.69, 9.17) is 0 Å². The van der Waals surface area contributed by atoms with Crippen molar-refractivity contribution in [2.45, 2.75) is 32.8 Å². The molecule has 1 rings (SSSR count). The first-order valence-electron chi connectivity index (χ1n) is 4.59. The highest BCUT2D eigenvalue weighted by atomic mass is 16.3. The summed E-state index contributed by atoms with van der Waals surface area (Å²) in [6.07, 6.45) is 0.970. The maximum Gasteiger partial charge on any atom is 0.225 e. The van der Waals surface area contributed by atoms with Gasteiger partial charge in [0.1, 0.15) is 0 Å². The number of likely N-dealkylation sites (tertiary alicyclic amines) is 1. The SMILES string of the molecule is CCC(C)CN1CC(O)CC1=O. The molecule has 1 N–H and O–H groups in total. The molecule has 1 fully saturated rings. The first kappa shape index (κ1) is 9.52. The zero-order valence-corrected chi connectivity index (χ0v) is 7.79. The van der Waals surface area contributed by atoms with E-state index in [1.807, 2.05) is 0 Å². The molecule has 3 heteroatoms. The monoisotopic (exact) mass is 171 g/mol. The summed E-state index contributed by atoms with van der Waals surface area (Å²) in [5.41, 5.74) is 0. The fraction of sp³-hybridized carbons (Fsp3) is 0.889. The minimum absolute atomic E-state index is 0.0998. The van der Waals surface area contributed by atoms with Crippen molar-refractivity contribution in [3.05, 3.63) is 0 Å². The van der Waals surface area contributed by atoms with Gasteiger partial charge in [-0.3, -0.25) is 4.79 Å². The Hall–Kier alpha value is -0.570. The van der Waals surface area contributed by atoms with Crippen molar-refractivity contribution in [2.75, 3.05) is 13.1 Å². The molecule has 0 bridgehead atoms. The van der Waals surface area contributed by atoms with Gasteiger partial charge >= 0.3 is 0 Å². The molecular formula is C9H17NO2. The summed E-state index contributed by atoms with van der Waals surface area (Å²) in [6, 6.07) is 0. The molecule has 2 unspecified atom stereocenters. The summed E-state index contributed by atoms with van der Waals surface area (Å²) in [5.74, 6) is 0.641. The zero-order chi connectivity index (χ0) is 9.14. The number of rotatable bonds is 3. The van der Waals surface area contributed by atoms with E-state index in [9.17, 15) is 9.90 Å². The van der Waals surface area contributed by atoms with Gasteiger partial charge in [0.25, 0.3) is 0 Å². The lowest BCUT2D eigenvalue weighted by Gasteiger charge is -2.19. The third-order valence-corrected chi connectivity index (χ3v) is 2.42. The minimum atomic E-state index is -0.429. The second-order valence-corrected chi connectivity index (χ2v) is 3.67. The largest absolute Gasteiger partial charge is 0.391 e. The van der Waals surface area contributed by atoms with Crippen molar-refractivity contribution in [3.8, 4) is 0 Å². The quantitative estimate of drug-likeness (QED) is 0.676. The van der Waals surface area contributed by atoms with Crippen molar-refractivity contribution >= 4 is 5.91 Å². The Morgan fingerprint density at radius 2 is 2.42 bits per heavy atom. The molecule has 0 aliphatic carbocycles. The van der Waals surface area contributed by atoms with E-state index in [0.29, 0.717) is 18.9 Å². The number of hydrogen-bond acceptors (Lipinski definition) is 2. The molecule has 1 amide bonds. The van der Waals surface area contributed by atoms with Gasteiger partial charge in [0.15, 0.2) is 0 Å². The Labute approximate surface area is 73.4 Å². The maximum atomic E-state index is 11.2. The second kappa shape index (κ2) is 3.90. The molecule has 2 atom stereocenters. The third-order valence-electron chi connectivity index (χ3n) is 2.42. The second-order valence-electron chi connectivity index (χ2n) is 3.67. The van der Waals surface area contributed by atoms with E-state index in [1.165, 1.54) is 0 Å². The van der Waals surface area contributed by atoms with Crippen LogP contribution >= 0.6 is 0 Å². The highest BCUT2D eigenvalue weighted by molar-refractivity contribution is 5.78. The maximum absolute atomic E-state index is 11.2. The van der Waals surface area contributed by atoms with Gasteiger partial charge in [-0.15, -0.1) is 0 Å². The number of β-amino-alcohol motifs (C(OH)–C–C–N with tert-alkyl or cyclic N) is 1. The molecule has 0 radical (unpaired) electrons. The minimum Gasteiger partial charge on any atom is -0.391 e. The van der Waals surface area contributed by atoms with Crippen LogP contribution in [0.5, 0.6) is 0 Å². The molecule has 0 aromatic carbocycles. The lowest BCUT2D eigenvalue weighted by Crippen LogP contribution is -2.30. The smallest absolute Gasteiger partial charge is 0.225 e. The molecule has 1 heterocycles. The number of amides is 1. The van der Waals surface area contributed by atoms with Gasteiger partial charge in [-0.25, -0.2) is 0 Å². The van der Waals surface area contributed by atoms with Gasteiger partial charge in [-0.2, -0.15) is 0 Å². The van der Waals surface area contributed by atoms with E-state index < -0.39 is 6.10 Å². The van der Waals surface area contributed by atoms with Crippen molar-refractivity contribution < 1.29 is 9.90 Å². The molecule has 1 aliphatic heterocycles. The van der Waals surface area contributed by atoms with Gasteiger partial charge < -0.3 is 10.0 Å². The van der Waals surface area contributed by atoms with Gasteiger partial charge in [0.2, 0.25) is 5.91 Å². The van der Waals surface area contributed by atoms with Crippen LogP contribution in [0.1, 0.15) is 26.7 Å². The predicted octanol–water partition coefficient (Wildman–Crippen LogP) is 0.626. The molecule has 1 aliphatic rings. The highest BCUT2D eigenvalue weighted by Gasteiger charge is 2.28. The fourth-order valence-electron chi connectivity index (χ4n) is 1.43. The Balaban J connectivity index is 2.37. The Morgan fingerprint density at radius 3 is 2.83 bits per heavy atom. The van der Waals surface area contributed by atoms with Gasteiger partial charge in [-0.1, -0.05) is 20.3 Å². The van der Waals surface area contributed by atoms with Crippen molar-refractivity contribution in [2.24, 2.45) is 5.92 Å². The number of hydrogen-bond donors (Lipinski definition) is 1. The van der Waals surface area contributed by atoms with E-state index in [1.54, 1.807) is 4.90 Å². The number of aliphatic hydroxyl groups is 1.